The Hall–Kier alpha value is -2.39. The predicted molar refractivity (Wildman–Crippen MR) is 95.5 cm³/mol. The van der Waals surface area contributed by atoms with Crippen LogP contribution in [0, 0.1) is 5.92 Å². The van der Waals surface area contributed by atoms with Crippen molar-refractivity contribution in [2.75, 3.05) is 13.1 Å². The average molecular weight is 392 g/mol. The highest BCUT2D eigenvalue weighted by Crippen LogP contribution is 2.30. The van der Waals surface area contributed by atoms with E-state index >= 15 is 0 Å². The third-order valence-corrected chi connectivity index (χ3v) is 5.80. The Morgan fingerprint density at radius 3 is 2.64 bits per heavy atom. The standard InChI is InChI=1S/C19H22F2N4O3/c20-17(21)16(11-6-22-7-11)23-8-10-2-1-3-12-13(10)9-25(19(12)28)14-4-5-15(26)24-18(14)27/h1-3,11,14,16-17,22-23H,4-9H2,(H,24,26,27). The van der Waals surface area contributed by atoms with Crippen molar-refractivity contribution in [1.29, 1.82) is 0 Å². The highest BCUT2D eigenvalue weighted by atomic mass is 19.3. The number of piperidine rings is 1. The molecule has 3 heterocycles. The fourth-order valence-corrected chi connectivity index (χ4v) is 4.07. The summed E-state index contributed by atoms with van der Waals surface area (Å²) < 4.78 is 26.7. The lowest BCUT2D eigenvalue weighted by Crippen LogP contribution is -2.56. The van der Waals surface area contributed by atoms with Gasteiger partial charge in [0.25, 0.3) is 12.3 Å². The predicted octanol–water partition coefficient (Wildman–Crippen LogP) is 0.390. The molecule has 3 N–H and O–H groups in total. The number of amides is 3. The number of fused-ring (bicyclic) bond motifs is 1. The monoisotopic (exact) mass is 392 g/mol. The summed E-state index contributed by atoms with van der Waals surface area (Å²) >= 11 is 0. The molecule has 0 spiro atoms. The molecule has 9 heteroatoms. The van der Waals surface area contributed by atoms with E-state index in [4.69, 9.17) is 0 Å². The molecule has 4 rings (SSSR count). The number of carbonyl (C=O) groups is 3. The molecule has 0 aromatic heterocycles. The second kappa shape index (κ2) is 7.56. The largest absolute Gasteiger partial charge is 0.322 e. The number of hydrogen-bond donors (Lipinski definition) is 3. The van der Waals surface area contributed by atoms with Gasteiger partial charge in [-0.15, -0.1) is 0 Å². The molecular weight excluding hydrogens is 370 g/mol. The summed E-state index contributed by atoms with van der Waals surface area (Å²) in [4.78, 5) is 37.8. The number of halogens is 2. The lowest BCUT2D eigenvalue weighted by molar-refractivity contribution is -0.136. The van der Waals surface area contributed by atoms with Crippen LogP contribution < -0.4 is 16.0 Å². The molecule has 3 aliphatic heterocycles. The summed E-state index contributed by atoms with van der Waals surface area (Å²) in [5, 5.41) is 8.23. The highest BCUT2D eigenvalue weighted by molar-refractivity contribution is 6.05. The van der Waals surface area contributed by atoms with Crippen LogP contribution in [-0.2, 0) is 22.7 Å². The summed E-state index contributed by atoms with van der Waals surface area (Å²) in [7, 11) is 0. The molecule has 0 aliphatic carbocycles. The van der Waals surface area contributed by atoms with Gasteiger partial charge in [-0.05, 0) is 23.6 Å². The summed E-state index contributed by atoms with van der Waals surface area (Å²) in [6.07, 6.45) is -1.98. The molecule has 2 saturated heterocycles. The number of nitrogens with one attached hydrogen (secondary N) is 3. The maximum Gasteiger partial charge on any atom is 0.255 e. The van der Waals surface area contributed by atoms with Crippen molar-refractivity contribution < 1.29 is 23.2 Å². The molecule has 0 bridgehead atoms. The van der Waals surface area contributed by atoms with Crippen molar-refractivity contribution in [2.45, 2.75) is 44.4 Å². The van der Waals surface area contributed by atoms with Crippen molar-refractivity contribution in [3.8, 4) is 0 Å². The van der Waals surface area contributed by atoms with E-state index in [2.05, 4.69) is 16.0 Å². The van der Waals surface area contributed by atoms with Crippen LogP contribution in [-0.4, -0.2) is 54.2 Å². The Morgan fingerprint density at radius 2 is 2.00 bits per heavy atom. The molecule has 1 aromatic rings. The van der Waals surface area contributed by atoms with Gasteiger partial charge in [0.15, 0.2) is 0 Å². The molecule has 2 atom stereocenters. The maximum absolute atomic E-state index is 13.4. The topological polar surface area (TPSA) is 90.5 Å². The minimum Gasteiger partial charge on any atom is -0.322 e. The Bertz CT molecular complexity index is 812. The quantitative estimate of drug-likeness (QED) is 0.610. The van der Waals surface area contributed by atoms with Gasteiger partial charge in [-0.1, -0.05) is 12.1 Å². The van der Waals surface area contributed by atoms with Crippen LogP contribution in [0.5, 0.6) is 0 Å². The third-order valence-electron chi connectivity index (χ3n) is 5.80. The number of hydrogen-bond acceptors (Lipinski definition) is 5. The average Bonchev–Trinajstić information content (AvgIpc) is 2.94. The van der Waals surface area contributed by atoms with E-state index in [1.807, 2.05) is 6.07 Å². The normalized spacial score (nSPS) is 23.6. The van der Waals surface area contributed by atoms with Crippen molar-refractivity contribution >= 4 is 17.7 Å². The first-order valence-corrected chi connectivity index (χ1v) is 9.43. The van der Waals surface area contributed by atoms with E-state index in [0.29, 0.717) is 25.1 Å². The number of nitrogens with zero attached hydrogens (tertiary/aromatic N) is 1. The molecule has 0 radical (unpaired) electrons. The molecule has 1 aromatic carbocycles. The fraction of sp³-hybridized carbons (Fsp3) is 0.526. The molecule has 150 valence electrons. The lowest BCUT2D eigenvalue weighted by atomic mass is 9.93. The van der Waals surface area contributed by atoms with Crippen LogP contribution in [0.15, 0.2) is 18.2 Å². The Morgan fingerprint density at radius 1 is 1.21 bits per heavy atom. The summed E-state index contributed by atoms with van der Waals surface area (Å²) in [5.41, 5.74) is 2.02. The number of rotatable bonds is 6. The molecule has 7 nitrogen and oxygen atoms in total. The third kappa shape index (κ3) is 3.40. The molecule has 28 heavy (non-hydrogen) atoms. The van der Waals surface area contributed by atoms with Crippen LogP contribution >= 0.6 is 0 Å². The van der Waals surface area contributed by atoms with Crippen molar-refractivity contribution in [2.24, 2.45) is 5.92 Å². The minimum atomic E-state index is -2.47. The molecule has 0 saturated carbocycles. The van der Waals surface area contributed by atoms with E-state index in [0.717, 1.165) is 11.1 Å². The van der Waals surface area contributed by atoms with Crippen molar-refractivity contribution in [3.05, 3.63) is 34.9 Å². The number of alkyl halides is 2. The van der Waals surface area contributed by atoms with Crippen LogP contribution in [0.1, 0.15) is 34.3 Å². The summed E-state index contributed by atoms with van der Waals surface area (Å²) in [6.45, 7) is 1.60. The smallest absolute Gasteiger partial charge is 0.255 e. The van der Waals surface area contributed by atoms with Gasteiger partial charge >= 0.3 is 0 Å². The lowest BCUT2D eigenvalue weighted by Gasteiger charge is -2.35. The number of imide groups is 1. The highest BCUT2D eigenvalue weighted by Gasteiger charge is 2.40. The zero-order valence-electron chi connectivity index (χ0n) is 15.2. The summed E-state index contributed by atoms with van der Waals surface area (Å²) in [5.74, 6) is -1.18. The Balaban J connectivity index is 1.49. The van der Waals surface area contributed by atoms with Gasteiger partial charge in [0.05, 0.1) is 6.04 Å². The van der Waals surface area contributed by atoms with Crippen molar-refractivity contribution in [3.63, 3.8) is 0 Å². The molecule has 2 fully saturated rings. The first-order valence-electron chi connectivity index (χ1n) is 9.43. The second-order valence-corrected chi connectivity index (χ2v) is 7.50. The molecule has 3 amide bonds. The van der Waals surface area contributed by atoms with Crippen LogP contribution in [0.3, 0.4) is 0 Å². The fourth-order valence-electron chi connectivity index (χ4n) is 4.07. The van der Waals surface area contributed by atoms with E-state index in [1.165, 1.54) is 4.90 Å². The Kier molecular flexibility index (Phi) is 5.11. The van der Waals surface area contributed by atoms with E-state index in [1.54, 1.807) is 12.1 Å². The SMILES string of the molecule is O=C1CCC(N2Cc3c(CNC(C(F)F)C4CNC4)cccc3C2=O)C(=O)N1. The first-order chi connectivity index (χ1) is 13.5. The number of carbonyl (C=O) groups excluding carboxylic acids is 3. The second-order valence-electron chi connectivity index (χ2n) is 7.50. The molecule has 3 aliphatic rings. The number of benzene rings is 1. The molecular formula is C19H22F2N4O3. The van der Waals surface area contributed by atoms with Gasteiger partial charge in [0.2, 0.25) is 11.8 Å². The molecule has 2 unspecified atom stereocenters. The van der Waals surface area contributed by atoms with Gasteiger partial charge < -0.3 is 15.5 Å². The van der Waals surface area contributed by atoms with Crippen LogP contribution in [0.25, 0.3) is 0 Å². The summed E-state index contributed by atoms with van der Waals surface area (Å²) in [6, 6.07) is 3.64. The van der Waals surface area contributed by atoms with E-state index in [9.17, 15) is 23.2 Å². The van der Waals surface area contributed by atoms with Gasteiger partial charge in [-0.3, -0.25) is 19.7 Å². The van der Waals surface area contributed by atoms with Gasteiger partial charge in [0.1, 0.15) is 6.04 Å². The first kappa shape index (κ1) is 18.9. The Labute approximate surface area is 160 Å². The van der Waals surface area contributed by atoms with Crippen LogP contribution in [0.2, 0.25) is 0 Å². The van der Waals surface area contributed by atoms with Crippen molar-refractivity contribution in [1.82, 2.24) is 20.9 Å². The van der Waals surface area contributed by atoms with Gasteiger partial charge in [0, 0.05) is 44.1 Å². The van der Waals surface area contributed by atoms with E-state index < -0.39 is 24.4 Å². The minimum absolute atomic E-state index is 0.113. The van der Waals surface area contributed by atoms with Gasteiger partial charge in [-0.2, -0.15) is 0 Å². The van der Waals surface area contributed by atoms with Gasteiger partial charge in [-0.25, -0.2) is 8.78 Å². The zero-order valence-corrected chi connectivity index (χ0v) is 15.2. The maximum atomic E-state index is 13.4. The van der Waals surface area contributed by atoms with Crippen LogP contribution in [0.4, 0.5) is 8.78 Å². The zero-order chi connectivity index (χ0) is 19.8. The van der Waals surface area contributed by atoms with E-state index in [-0.39, 0.29) is 37.2 Å².